The van der Waals surface area contributed by atoms with Crippen LogP contribution >= 0.6 is 0 Å². The van der Waals surface area contributed by atoms with Crippen LogP contribution in [0.2, 0.25) is 0 Å². The molecule has 6 nitrogen and oxygen atoms in total. The Kier molecular flexibility index (Phi) is 6.17. The van der Waals surface area contributed by atoms with Crippen LogP contribution in [0.15, 0.2) is 54.7 Å². The zero-order valence-electron chi connectivity index (χ0n) is 20.2. The lowest BCUT2D eigenvalue weighted by atomic mass is 9.78. The zero-order chi connectivity index (χ0) is 23.8. The van der Waals surface area contributed by atoms with Crippen LogP contribution in [-0.4, -0.2) is 59.9 Å². The first-order valence-electron chi connectivity index (χ1n) is 12.2. The van der Waals surface area contributed by atoms with Crippen molar-refractivity contribution in [3.05, 3.63) is 71.4 Å². The second kappa shape index (κ2) is 9.26. The fourth-order valence-corrected chi connectivity index (χ4v) is 6.02. The molecule has 1 saturated heterocycles. The van der Waals surface area contributed by atoms with Gasteiger partial charge in [0, 0.05) is 55.0 Å². The van der Waals surface area contributed by atoms with Crippen molar-refractivity contribution in [1.29, 1.82) is 0 Å². The average molecular weight is 460 g/mol. The molecule has 2 aliphatic heterocycles. The Balaban J connectivity index is 1.68. The lowest BCUT2D eigenvalue weighted by Crippen LogP contribution is -2.51. The molecule has 1 N–H and O–H groups in total. The molecular formula is C28H33N3O3. The molecule has 0 bridgehead atoms. The van der Waals surface area contributed by atoms with E-state index in [4.69, 9.17) is 4.74 Å². The summed E-state index contributed by atoms with van der Waals surface area (Å²) in [5.41, 5.74) is 3.42. The van der Waals surface area contributed by atoms with Gasteiger partial charge in [0.1, 0.15) is 0 Å². The number of likely N-dealkylation sites (tertiary alicyclic amines) is 1. The Morgan fingerprint density at radius 2 is 1.74 bits per heavy atom. The number of amides is 2. The molecule has 2 aliphatic rings. The molecule has 0 radical (unpaired) electrons. The first-order valence-corrected chi connectivity index (χ1v) is 12.2. The fraction of sp³-hybridized carbons (Fsp3) is 0.429. The molecule has 0 saturated carbocycles. The molecule has 3 heterocycles. The third-order valence-electron chi connectivity index (χ3n) is 7.36. The lowest BCUT2D eigenvalue weighted by Gasteiger charge is -2.44. The maximum atomic E-state index is 14.3. The Morgan fingerprint density at radius 1 is 1.03 bits per heavy atom. The molecule has 4 atom stereocenters. The average Bonchev–Trinajstić information content (AvgIpc) is 3.26. The van der Waals surface area contributed by atoms with Gasteiger partial charge in [-0.3, -0.25) is 9.59 Å². The highest BCUT2D eigenvalue weighted by molar-refractivity contribution is 6.02. The molecule has 6 heteroatoms. The third kappa shape index (κ3) is 3.90. The monoisotopic (exact) mass is 459 g/mol. The normalized spacial score (nSPS) is 25.0. The Morgan fingerprint density at radius 3 is 2.50 bits per heavy atom. The lowest BCUT2D eigenvalue weighted by molar-refractivity contribution is -0.137. The van der Waals surface area contributed by atoms with Crippen LogP contribution in [-0.2, 0) is 9.53 Å². The summed E-state index contributed by atoms with van der Waals surface area (Å²) in [4.78, 5) is 35.3. The van der Waals surface area contributed by atoms with Gasteiger partial charge in [-0.15, -0.1) is 0 Å². The predicted molar refractivity (Wildman–Crippen MR) is 133 cm³/mol. The highest BCUT2D eigenvalue weighted by Gasteiger charge is 2.46. The SMILES string of the molecule is COCCN1C(=O)c2ccccc2[C@H](C(=O)N2C[C@H](C)C[C@H](C)C2)[C@@H]1c1c[nH]c2ccccc12. The number of nitrogens with one attached hydrogen (secondary N) is 1. The van der Waals surface area contributed by atoms with Gasteiger partial charge in [-0.25, -0.2) is 0 Å². The molecule has 0 spiro atoms. The van der Waals surface area contributed by atoms with Crippen molar-refractivity contribution in [3.8, 4) is 0 Å². The smallest absolute Gasteiger partial charge is 0.254 e. The molecule has 1 aromatic heterocycles. The summed E-state index contributed by atoms with van der Waals surface area (Å²) >= 11 is 0. The first kappa shape index (κ1) is 22.7. The van der Waals surface area contributed by atoms with E-state index in [0.29, 0.717) is 30.6 Å². The summed E-state index contributed by atoms with van der Waals surface area (Å²) in [7, 11) is 1.64. The summed E-state index contributed by atoms with van der Waals surface area (Å²) in [5.74, 6) is 0.513. The van der Waals surface area contributed by atoms with Crippen LogP contribution in [0.25, 0.3) is 10.9 Å². The van der Waals surface area contributed by atoms with Crippen molar-refractivity contribution in [2.24, 2.45) is 11.8 Å². The number of para-hydroxylation sites is 1. The Bertz CT molecular complexity index is 1190. The van der Waals surface area contributed by atoms with Gasteiger partial charge >= 0.3 is 0 Å². The van der Waals surface area contributed by atoms with E-state index in [9.17, 15) is 9.59 Å². The molecule has 0 unspecified atom stereocenters. The van der Waals surface area contributed by atoms with Gasteiger partial charge < -0.3 is 19.5 Å². The molecule has 34 heavy (non-hydrogen) atoms. The molecule has 3 aromatic rings. The Labute approximate surface area is 200 Å². The number of hydrogen-bond acceptors (Lipinski definition) is 3. The zero-order valence-corrected chi connectivity index (χ0v) is 20.2. The van der Waals surface area contributed by atoms with Crippen LogP contribution < -0.4 is 0 Å². The molecule has 0 aliphatic carbocycles. The third-order valence-corrected chi connectivity index (χ3v) is 7.36. The number of carbonyl (C=O) groups is 2. The number of nitrogens with zero attached hydrogens (tertiary/aromatic N) is 2. The summed E-state index contributed by atoms with van der Waals surface area (Å²) in [5, 5.41) is 1.04. The number of benzene rings is 2. The summed E-state index contributed by atoms with van der Waals surface area (Å²) in [6.07, 6.45) is 3.10. The van der Waals surface area contributed by atoms with Gasteiger partial charge in [-0.2, -0.15) is 0 Å². The van der Waals surface area contributed by atoms with Gasteiger partial charge in [0.25, 0.3) is 5.91 Å². The van der Waals surface area contributed by atoms with Crippen molar-refractivity contribution in [3.63, 3.8) is 0 Å². The topological polar surface area (TPSA) is 65.6 Å². The number of aromatic nitrogens is 1. The number of piperidine rings is 1. The van der Waals surface area contributed by atoms with E-state index >= 15 is 0 Å². The number of methoxy groups -OCH3 is 1. The minimum absolute atomic E-state index is 0.0487. The number of ether oxygens (including phenoxy) is 1. The highest BCUT2D eigenvalue weighted by Crippen LogP contribution is 2.46. The number of rotatable bonds is 5. The second-order valence-electron chi connectivity index (χ2n) is 9.98. The molecule has 5 rings (SSSR count). The van der Waals surface area contributed by atoms with Crippen LogP contribution in [0, 0.1) is 11.8 Å². The summed E-state index contributed by atoms with van der Waals surface area (Å²) in [6.45, 7) is 6.78. The van der Waals surface area contributed by atoms with Crippen LogP contribution in [0.1, 0.15) is 53.7 Å². The van der Waals surface area contributed by atoms with E-state index in [0.717, 1.165) is 41.5 Å². The van der Waals surface area contributed by atoms with E-state index in [-0.39, 0.29) is 11.8 Å². The van der Waals surface area contributed by atoms with E-state index in [2.05, 4.69) is 24.9 Å². The predicted octanol–water partition coefficient (Wildman–Crippen LogP) is 4.60. The van der Waals surface area contributed by atoms with Crippen molar-refractivity contribution >= 4 is 22.7 Å². The van der Waals surface area contributed by atoms with Gasteiger partial charge in [-0.1, -0.05) is 50.2 Å². The maximum Gasteiger partial charge on any atom is 0.254 e. The van der Waals surface area contributed by atoms with Crippen LogP contribution in [0.4, 0.5) is 0 Å². The van der Waals surface area contributed by atoms with Crippen LogP contribution in [0.5, 0.6) is 0 Å². The quantitative estimate of drug-likeness (QED) is 0.606. The largest absolute Gasteiger partial charge is 0.383 e. The molecular weight excluding hydrogens is 426 g/mol. The number of aromatic amines is 1. The second-order valence-corrected chi connectivity index (χ2v) is 9.98. The maximum absolute atomic E-state index is 14.3. The standard InChI is InChI=1S/C28H33N3O3/c1-18-14-19(2)17-30(16-18)28(33)25-21-9-4-5-10-22(21)27(32)31(12-13-34-3)26(25)23-15-29-24-11-7-6-8-20(23)24/h4-11,15,18-19,25-26,29H,12-14,16-17H2,1-3H3/t18-,19+,25-,26-/m0/s1. The van der Waals surface area contributed by atoms with Gasteiger partial charge in [0.15, 0.2) is 0 Å². The molecule has 2 aromatic carbocycles. The van der Waals surface area contributed by atoms with Gasteiger partial charge in [-0.05, 0) is 36.0 Å². The van der Waals surface area contributed by atoms with E-state index in [1.807, 2.05) is 58.5 Å². The number of fused-ring (bicyclic) bond motifs is 2. The molecule has 1 fully saturated rings. The van der Waals surface area contributed by atoms with Crippen LogP contribution in [0.3, 0.4) is 0 Å². The fourth-order valence-electron chi connectivity index (χ4n) is 6.02. The molecule has 178 valence electrons. The Hall–Kier alpha value is -3.12. The van der Waals surface area contributed by atoms with Crippen molar-refractivity contribution in [1.82, 2.24) is 14.8 Å². The number of hydrogen-bond donors (Lipinski definition) is 1. The minimum atomic E-state index is -0.470. The van der Waals surface area contributed by atoms with Crippen molar-refractivity contribution < 1.29 is 14.3 Å². The van der Waals surface area contributed by atoms with Crippen molar-refractivity contribution in [2.45, 2.75) is 32.2 Å². The first-order chi connectivity index (χ1) is 16.5. The molecule has 2 amide bonds. The van der Waals surface area contributed by atoms with E-state index < -0.39 is 12.0 Å². The summed E-state index contributed by atoms with van der Waals surface area (Å²) < 4.78 is 5.38. The number of carbonyl (C=O) groups excluding carboxylic acids is 2. The van der Waals surface area contributed by atoms with Crippen molar-refractivity contribution in [2.75, 3.05) is 33.4 Å². The van der Waals surface area contributed by atoms with Gasteiger partial charge in [0.2, 0.25) is 5.91 Å². The van der Waals surface area contributed by atoms with Gasteiger partial charge in [0.05, 0.1) is 18.6 Å². The van der Waals surface area contributed by atoms with E-state index in [1.54, 1.807) is 7.11 Å². The number of H-pyrrole nitrogens is 1. The summed E-state index contributed by atoms with van der Waals surface area (Å²) in [6, 6.07) is 15.3. The van der Waals surface area contributed by atoms with E-state index in [1.165, 1.54) is 0 Å². The highest BCUT2D eigenvalue weighted by atomic mass is 16.5. The minimum Gasteiger partial charge on any atom is -0.383 e.